The third-order valence-electron chi connectivity index (χ3n) is 5.28. The van der Waals surface area contributed by atoms with Crippen LogP contribution in [-0.4, -0.2) is 13.3 Å². The number of ether oxygens (including phenoxy) is 1. The summed E-state index contributed by atoms with van der Waals surface area (Å²) in [6.07, 6.45) is 6.45. The van der Waals surface area contributed by atoms with E-state index in [1.54, 1.807) is 13.2 Å². The molecule has 3 heteroatoms. The molecule has 0 radical (unpaired) electrons. The van der Waals surface area contributed by atoms with E-state index >= 15 is 0 Å². The summed E-state index contributed by atoms with van der Waals surface area (Å²) < 4.78 is 19.1. The van der Waals surface area contributed by atoms with E-state index in [0.29, 0.717) is 11.7 Å². The molecule has 118 valence electrons. The lowest BCUT2D eigenvalue weighted by Gasteiger charge is -2.37. The Bertz CT molecular complexity index is 770. The Kier molecular flexibility index (Phi) is 3.44. The van der Waals surface area contributed by atoms with Gasteiger partial charge in [0.2, 0.25) is 0 Å². The van der Waals surface area contributed by atoms with Crippen molar-refractivity contribution in [2.24, 2.45) is 4.99 Å². The average Bonchev–Trinajstić information content (AvgIpc) is 2.93. The standard InChI is InChI=1S/C20H20FNO/c1-23-17-10-15(9-16(21)11-17)14-5-4-8-20(12-14)13-22-19-7-3-2-6-18(19)20/h2-3,6-7,9-11,13-14H,4-5,8,12H2,1H3. The number of rotatable bonds is 2. The summed E-state index contributed by atoms with van der Waals surface area (Å²) in [7, 11) is 1.58. The molecule has 1 spiro atoms. The zero-order valence-electron chi connectivity index (χ0n) is 13.3. The van der Waals surface area contributed by atoms with Crippen LogP contribution in [0.3, 0.4) is 0 Å². The highest BCUT2D eigenvalue weighted by Gasteiger charge is 2.41. The van der Waals surface area contributed by atoms with Crippen molar-refractivity contribution in [2.45, 2.75) is 37.0 Å². The Balaban J connectivity index is 1.69. The number of methoxy groups -OCH3 is 1. The van der Waals surface area contributed by atoms with E-state index in [1.165, 1.54) is 11.6 Å². The normalized spacial score (nSPS) is 25.6. The molecular weight excluding hydrogens is 289 g/mol. The highest BCUT2D eigenvalue weighted by atomic mass is 19.1. The van der Waals surface area contributed by atoms with Gasteiger partial charge in [0, 0.05) is 17.7 Å². The van der Waals surface area contributed by atoms with Gasteiger partial charge in [0.1, 0.15) is 11.6 Å². The van der Waals surface area contributed by atoms with E-state index in [2.05, 4.69) is 29.4 Å². The molecule has 1 aliphatic heterocycles. The predicted molar refractivity (Wildman–Crippen MR) is 90.4 cm³/mol. The van der Waals surface area contributed by atoms with Crippen LogP contribution in [-0.2, 0) is 5.41 Å². The van der Waals surface area contributed by atoms with Crippen LogP contribution in [0.5, 0.6) is 5.75 Å². The summed E-state index contributed by atoms with van der Waals surface area (Å²) in [5.41, 5.74) is 3.47. The van der Waals surface area contributed by atoms with Crippen molar-refractivity contribution in [2.75, 3.05) is 7.11 Å². The lowest BCUT2D eigenvalue weighted by molar-refractivity contribution is 0.347. The fourth-order valence-electron chi connectivity index (χ4n) is 4.16. The molecule has 2 aliphatic rings. The number of halogens is 1. The first-order valence-corrected chi connectivity index (χ1v) is 8.19. The van der Waals surface area contributed by atoms with Gasteiger partial charge in [-0.1, -0.05) is 24.6 Å². The van der Waals surface area contributed by atoms with Crippen LogP contribution in [0.25, 0.3) is 0 Å². The average molecular weight is 309 g/mol. The molecule has 0 bridgehead atoms. The van der Waals surface area contributed by atoms with Crippen molar-refractivity contribution in [3.63, 3.8) is 0 Å². The molecule has 2 atom stereocenters. The second kappa shape index (κ2) is 5.48. The number of aliphatic imine (C=N–C) groups is 1. The van der Waals surface area contributed by atoms with E-state index in [4.69, 9.17) is 4.74 Å². The first-order valence-electron chi connectivity index (χ1n) is 8.19. The van der Waals surface area contributed by atoms with E-state index in [-0.39, 0.29) is 11.2 Å². The molecule has 2 aromatic carbocycles. The molecule has 0 amide bonds. The Hall–Kier alpha value is -2.16. The quantitative estimate of drug-likeness (QED) is 0.752. The van der Waals surface area contributed by atoms with Crippen molar-refractivity contribution in [3.8, 4) is 5.75 Å². The first kappa shape index (κ1) is 14.4. The summed E-state index contributed by atoms with van der Waals surface area (Å²) >= 11 is 0. The number of nitrogens with zero attached hydrogens (tertiary/aromatic N) is 1. The van der Waals surface area contributed by atoms with Crippen LogP contribution in [0.2, 0.25) is 0 Å². The van der Waals surface area contributed by atoms with Crippen molar-refractivity contribution < 1.29 is 9.13 Å². The number of hydrogen-bond acceptors (Lipinski definition) is 2. The number of fused-ring (bicyclic) bond motifs is 2. The zero-order chi connectivity index (χ0) is 15.9. The zero-order valence-corrected chi connectivity index (χ0v) is 13.3. The number of benzene rings is 2. The van der Waals surface area contributed by atoms with Crippen molar-refractivity contribution >= 4 is 11.9 Å². The van der Waals surface area contributed by atoms with Crippen LogP contribution in [0.4, 0.5) is 10.1 Å². The van der Waals surface area contributed by atoms with Crippen LogP contribution in [0.1, 0.15) is 42.7 Å². The molecular formula is C20H20FNO. The highest BCUT2D eigenvalue weighted by molar-refractivity contribution is 5.85. The summed E-state index contributed by atoms with van der Waals surface area (Å²) in [6.45, 7) is 0. The number of para-hydroxylation sites is 1. The highest BCUT2D eigenvalue weighted by Crippen LogP contribution is 2.50. The smallest absolute Gasteiger partial charge is 0.127 e. The maximum Gasteiger partial charge on any atom is 0.127 e. The number of hydrogen-bond donors (Lipinski definition) is 0. The summed E-state index contributed by atoms with van der Waals surface area (Å²) in [5.74, 6) is 0.713. The van der Waals surface area contributed by atoms with Crippen LogP contribution in [0, 0.1) is 5.82 Å². The second-order valence-electron chi connectivity index (χ2n) is 6.65. The van der Waals surface area contributed by atoms with Gasteiger partial charge < -0.3 is 4.74 Å². The second-order valence-corrected chi connectivity index (χ2v) is 6.65. The minimum absolute atomic E-state index is 0.0130. The Labute approximate surface area is 136 Å². The Morgan fingerprint density at radius 1 is 1.22 bits per heavy atom. The van der Waals surface area contributed by atoms with Gasteiger partial charge in [0.25, 0.3) is 0 Å². The summed E-state index contributed by atoms with van der Waals surface area (Å²) in [4.78, 5) is 4.63. The maximum absolute atomic E-state index is 13.9. The summed E-state index contributed by atoms with van der Waals surface area (Å²) in [5, 5.41) is 0. The fraction of sp³-hybridized carbons (Fsp3) is 0.350. The lowest BCUT2D eigenvalue weighted by atomic mass is 9.65. The SMILES string of the molecule is COc1cc(F)cc(C2CCCC3(C=Nc4ccccc43)C2)c1. The first-order chi connectivity index (χ1) is 11.2. The molecule has 0 aromatic heterocycles. The third-order valence-corrected chi connectivity index (χ3v) is 5.28. The third kappa shape index (κ3) is 2.44. The van der Waals surface area contributed by atoms with Gasteiger partial charge in [-0.25, -0.2) is 4.39 Å². The molecule has 2 unspecified atom stereocenters. The van der Waals surface area contributed by atoms with E-state index in [1.807, 2.05) is 12.1 Å². The van der Waals surface area contributed by atoms with Crippen molar-refractivity contribution in [1.29, 1.82) is 0 Å². The molecule has 4 rings (SSSR count). The minimum Gasteiger partial charge on any atom is -0.497 e. The van der Waals surface area contributed by atoms with Crippen LogP contribution >= 0.6 is 0 Å². The largest absolute Gasteiger partial charge is 0.497 e. The molecule has 23 heavy (non-hydrogen) atoms. The molecule has 0 N–H and O–H groups in total. The monoisotopic (exact) mass is 309 g/mol. The van der Waals surface area contributed by atoms with Gasteiger partial charge in [0.15, 0.2) is 0 Å². The van der Waals surface area contributed by atoms with Crippen LogP contribution in [0.15, 0.2) is 47.5 Å². The molecule has 1 saturated carbocycles. The minimum atomic E-state index is -0.223. The molecule has 0 saturated heterocycles. The van der Waals surface area contributed by atoms with Gasteiger partial charge in [0.05, 0.1) is 12.8 Å². The predicted octanol–water partition coefficient (Wildman–Crippen LogP) is 5.15. The molecule has 1 heterocycles. The van der Waals surface area contributed by atoms with Gasteiger partial charge >= 0.3 is 0 Å². The Morgan fingerprint density at radius 2 is 2.09 bits per heavy atom. The van der Waals surface area contributed by atoms with Gasteiger partial charge in [-0.05, 0) is 54.5 Å². The topological polar surface area (TPSA) is 21.6 Å². The van der Waals surface area contributed by atoms with Gasteiger partial charge in [-0.15, -0.1) is 0 Å². The maximum atomic E-state index is 13.9. The van der Waals surface area contributed by atoms with E-state index < -0.39 is 0 Å². The van der Waals surface area contributed by atoms with Crippen LogP contribution < -0.4 is 4.74 Å². The molecule has 1 aliphatic carbocycles. The van der Waals surface area contributed by atoms with E-state index in [9.17, 15) is 4.39 Å². The fourth-order valence-corrected chi connectivity index (χ4v) is 4.16. The molecule has 2 aromatic rings. The van der Waals surface area contributed by atoms with E-state index in [0.717, 1.165) is 36.9 Å². The van der Waals surface area contributed by atoms with Gasteiger partial charge in [-0.2, -0.15) is 0 Å². The summed E-state index contributed by atoms with van der Waals surface area (Å²) in [6, 6.07) is 13.5. The van der Waals surface area contributed by atoms with Crippen molar-refractivity contribution in [3.05, 3.63) is 59.4 Å². The lowest BCUT2D eigenvalue weighted by Crippen LogP contribution is -2.32. The molecule has 1 fully saturated rings. The van der Waals surface area contributed by atoms with Crippen molar-refractivity contribution in [1.82, 2.24) is 0 Å². The Morgan fingerprint density at radius 3 is 2.96 bits per heavy atom. The molecule has 2 nitrogen and oxygen atoms in total. The van der Waals surface area contributed by atoms with Gasteiger partial charge in [-0.3, -0.25) is 4.99 Å².